The molecule has 0 bridgehead atoms. The van der Waals surface area contributed by atoms with Gasteiger partial charge in [-0.05, 0) is 49.2 Å². The molecule has 3 aromatic rings. The van der Waals surface area contributed by atoms with Crippen LogP contribution < -0.4 is 10.6 Å². The van der Waals surface area contributed by atoms with Crippen molar-refractivity contribution in [3.8, 4) is 0 Å². The third kappa shape index (κ3) is 3.62. The summed E-state index contributed by atoms with van der Waals surface area (Å²) in [6.45, 7) is 4.05. The van der Waals surface area contributed by atoms with E-state index in [9.17, 15) is 8.78 Å². The van der Waals surface area contributed by atoms with Crippen LogP contribution in [0.2, 0.25) is 0 Å². The Balaban J connectivity index is 1.78. The molecular weight excluding hydrogens is 312 g/mol. The molecule has 1 heterocycles. The molecule has 3 rings (SSSR count). The maximum absolute atomic E-state index is 13.2. The van der Waals surface area contributed by atoms with Crippen LogP contribution in [0.1, 0.15) is 11.1 Å². The van der Waals surface area contributed by atoms with Crippen LogP contribution in [-0.4, -0.2) is 15.2 Å². The first-order valence-corrected chi connectivity index (χ1v) is 7.27. The molecule has 2 N–H and O–H groups in total. The molecule has 24 heavy (non-hydrogen) atoms. The number of anilines is 4. The maximum Gasteiger partial charge on any atom is 0.249 e. The Kier molecular flexibility index (Phi) is 4.33. The summed E-state index contributed by atoms with van der Waals surface area (Å²) in [6, 6.07) is 9.40. The van der Waals surface area contributed by atoms with Crippen LogP contribution in [0.3, 0.4) is 0 Å². The van der Waals surface area contributed by atoms with Gasteiger partial charge in [0.2, 0.25) is 5.95 Å². The predicted octanol–water partition coefficient (Wildman–Crippen LogP) is 4.25. The van der Waals surface area contributed by atoms with Crippen LogP contribution in [-0.2, 0) is 0 Å². The van der Waals surface area contributed by atoms with Crippen molar-refractivity contribution in [3.63, 3.8) is 0 Å². The monoisotopic (exact) mass is 327 g/mol. The molecule has 0 radical (unpaired) electrons. The van der Waals surface area contributed by atoms with Crippen molar-refractivity contribution >= 4 is 23.1 Å². The summed E-state index contributed by atoms with van der Waals surface area (Å²) >= 11 is 0. The molecule has 0 spiro atoms. The maximum atomic E-state index is 13.2. The van der Waals surface area contributed by atoms with Gasteiger partial charge in [0.15, 0.2) is 17.5 Å². The summed E-state index contributed by atoms with van der Waals surface area (Å²) in [4.78, 5) is 4.26. The van der Waals surface area contributed by atoms with Gasteiger partial charge in [0.05, 0.1) is 6.20 Å². The van der Waals surface area contributed by atoms with Gasteiger partial charge in [0.1, 0.15) is 0 Å². The lowest BCUT2D eigenvalue weighted by Gasteiger charge is -2.09. The lowest BCUT2D eigenvalue weighted by Crippen LogP contribution is -2.03. The van der Waals surface area contributed by atoms with Gasteiger partial charge in [-0.15, -0.1) is 5.10 Å². The fraction of sp³-hybridized carbons (Fsp3) is 0.118. The fourth-order valence-corrected chi connectivity index (χ4v) is 2.09. The zero-order valence-electron chi connectivity index (χ0n) is 13.1. The molecule has 1 aromatic heterocycles. The van der Waals surface area contributed by atoms with Crippen LogP contribution >= 0.6 is 0 Å². The van der Waals surface area contributed by atoms with Gasteiger partial charge in [-0.3, -0.25) is 0 Å². The molecule has 0 aliphatic heterocycles. The average Bonchev–Trinajstić information content (AvgIpc) is 2.55. The molecule has 0 saturated carbocycles. The van der Waals surface area contributed by atoms with Crippen LogP contribution in [0.25, 0.3) is 0 Å². The van der Waals surface area contributed by atoms with Crippen molar-refractivity contribution in [2.75, 3.05) is 10.6 Å². The van der Waals surface area contributed by atoms with Gasteiger partial charge in [0.25, 0.3) is 0 Å². The van der Waals surface area contributed by atoms with E-state index in [4.69, 9.17) is 0 Å². The second kappa shape index (κ2) is 6.57. The van der Waals surface area contributed by atoms with Crippen molar-refractivity contribution in [2.24, 2.45) is 0 Å². The average molecular weight is 327 g/mol. The second-order valence-electron chi connectivity index (χ2n) is 5.34. The van der Waals surface area contributed by atoms with E-state index in [1.165, 1.54) is 17.8 Å². The first-order valence-electron chi connectivity index (χ1n) is 7.27. The summed E-state index contributed by atoms with van der Waals surface area (Å²) in [5.41, 5.74) is 3.54. The number of rotatable bonds is 4. The number of nitrogens with one attached hydrogen (secondary N) is 2. The number of hydrogen-bond donors (Lipinski definition) is 2. The number of hydrogen-bond acceptors (Lipinski definition) is 5. The van der Waals surface area contributed by atoms with Crippen LogP contribution in [0, 0.1) is 25.5 Å². The van der Waals surface area contributed by atoms with E-state index in [0.717, 1.165) is 23.4 Å². The highest BCUT2D eigenvalue weighted by Gasteiger charge is 2.06. The quantitative estimate of drug-likeness (QED) is 0.750. The van der Waals surface area contributed by atoms with E-state index in [0.29, 0.717) is 17.5 Å². The van der Waals surface area contributed by atoms with Crippen LogP contribution in [0.4, 0.5) is 31.9 Å². The van der Waals surface area contributed by atoms with Crippen molar-refractivity contribution in [3.05, 3.63) is 65.4 Å². The zero-order valence-corrected chi connectivity index (χ0v) is 13.1. The molecule has 0 aliphatic rings. The standard InChI is InChI=1S/C17H15F2N5/c1-10-3-4-12(7-11(10)2)22-17-23-16(9-20-24-17)21-13-5-6-14(18)15(19)8-13/h3-9H,1-2H3,(H2,21,22,23,24). The highest BCUT2D eigenvalue weighted by molar-refractivity contribution is 5.59. The number of aromatic nitrogens is 3. The Morgan fingerprint density at radius 1 is 0.833 bits per heavy atom. The third-order valence-electron chi connectivity index (χ3n) is 3.51. The molecule has 0 atom stereocenters. The Bertz CT molecular complexity index is 814. The summed E-state index contributed by atoms with van der Waals surface area (Å²) < 4.78 is 26.2. The Hall–Kier alpha value is -3.09. The second-order valence-corrected chi connectivity index (χ2v) is 5.34. The van der Waals surface area contributed by atoms with Crippen molar-refractivity contribution in [2.45, 2.75) is 13.8 Å². The van der Waals surface area contributed by atoms with Gasteiger partial charge in [0, 0.05) is 17.4 Å². The van der Waals surface area contributed by atoms with Gasteiger partial charge in [-0.2, -0.15) is 10.1 Å². The molecule has 0 aliphatic carbocycles. The van der Waals surface area contributed by atoms with E-state index in [2.05, 4.69) is 25.8 Å². The van der Waals surface area contributed by atoms with Gasteiger partial charge in [-0.25, -0.2) is 8.78 Å². The van der Waals surface area contributed by atoms with E-state index in [1.54, 1.807) is 0 Å². The van der Waals surface area contributed by atoms with Gasteiger partial charge in [-0.1, -0.05) is 6.07 Å². The van der Waals surface area contributed by atoms with Gasteiger partial charge >= 0.3 is 0 Å². The molecule has 7 heteroatoms. The zero-order chi connectivity index (χ0) is 17.1. The van der Waals surface area contributed by atoms with Crippen LogP contribution in [0.15, 0.2) is 42.6 Å². The number of nitrogens with zero attached hydrogens (tertiary/aromatic N) is 3. The topological polar surface area (TPSA) is 62.7 Å². The molecule has 0 unspecified atom stereocenters. The normalized spacial score (nSPS) is 10.5. The summed E-state index contributed by atoms with van der Waals surface area (Å²) in [5, 5.41) is 13.7. The van der Waals surface area contributed by atoms with E-state index in [-0.39, 0.29) is 0 Å². The van der Waals surface area contributed by atoms with Crippen LogP contribution in [0.5, 0.6) is 0 Å². The van der Waals surface area contributed by atoms with E-state index in [1.807, 2.05) is 32.0 Å². The molecular formula is C17H15F2N5. The lowest BCUT2D eigenvalue weighted by atomic mass is 10.1. The van der Waals surface area contributed by atoms with Gasteiger partial charge < -0.3 is 10.6 Å². The smallest absolute Gasteiger partial charge is 0.249 e. The molecule has 0 amide bonds. The Morgan fingerprint density at radius 3 is 2.33 bits per heavy atom. The van der Waals surface area contributed by atoms with Crippen molar-refractivity contribution in [1.82, 2.24) is 15.2 Å². The van der Waals surface area contributed by atoms with Crippen molar-refractivity contribution < 1.29 is 8.78 Å². The highest BCUT2D eigenvalue weighted by Crippen LogP contribution is 2.20. The summed E-state index contributed by atoms with van der Waals surface area (Å²) in [6.07, 6.45) is 1.40. The molecule has 122 valence electrons. The predicted molar refractivity (Wildman–Crippen MR) is 88.7 cm³/mol. The first kappa shape index (κ1) is 15.8. The number of benzene rings is 2. The first-order chi connectivity index (χ1) is 11.5. The van der Waals surface area contributed by atoms with E-state index < -0.39 is 11.6 Å². The lowest BCUT2D eigenvalue weighted by molar-refractivity contribution is 0.509. The SMILES string of the molecule is Cc1ccc(Nc2nncc(Nc3ccc(F)c(F)c3)n2)cc1C. The Labute approximate surface area is 137 Å². The van der Waals surface area contributed by atoms with E-state index >= 15 is 0 Å². The number of aryl methyl sites for hydroxylation is 2. The Morgan fingerprint density at radius 2 is 1.58 bits per heavy atom. The summed E-state index contributed by atoms with van der Waals surface area (Å²) in [7, 11) is 0. The molecule has 2 aromatic carbocycles. The minimum atomic E-state index is -0.935. The molecule has 5 nitrogen and oxygen atoms in total. The number of halogens is 2. The molecule has 0 saturated heterocycles. The largest absolute Gasteiger partial charge is 0.339 e. The third-order valence-corrected chi connectivity index (χ3v) is 3.51. The minimum Gasteiger partial charge on any atom is -0.339 e. The molecule has 0 fully saturated rings. The summed E-state index contributed by atoms with van der Waals surface area (Å²) in [5.74, 6) is -1.18. The fourth-order valence-electron chi connectivity index (χ4n) is 2.09. The highest BCUT2D eigenvalue weighted by atomic mass is 19.2. The van der Waals surface area contributed by atoms with Crippen molar-refractivity contribution in [1.29, 1.82) is 0 Å². The minimum absolute atomic E-state index is 0.297.